The zero-order valence-electron chi connectivity index (χ0n) is 10.7. The Morgan fingerprint density at radius 3 is 2.29 bits per heavy atom. The average Bonchev–Trinajstić information content (AvgIpc) is 2.27. The number of Topliss-reactive ketones (excluding diaryl/α,β-unsaturated/α-hetero) is 1. The number of hydrogen-bond donors (Lipinski definition) is 1. The van der Waals surface area contributed by atoms with Crippen LogP contribution in [-0.2, 0) is 9.59 Å². The molecule has 0 aromatic heterocycles. The molecule has 1 amide bonds. The van der Waals surface area contributed by atoms with E-state index in [1.54, 1.807) is 6.92 Å². The molecule has 1 aliphatic carbocycles. The van der Waals surface area contributed by atoms with Crippen LogP contribution >= 0.6 is 0 Å². The Kier molecular flexibility index (Phi) is 5.87. The van der Waals surface area contributed by atoms with Crippen molar-refractivity contribution in [1.29, 1.82) is 0 Å². The van der Waals surface area contributed by atoms with Crippen molar-refractivity contribution in [3.05, 3.63) is 0 Å². The van der Waals surface area contributed by atoms with Crippen molar-refractivity contribution in [3.8, 4) is 0 Å². The number of ketones is 1. The summed E-state index contributed by atoms with van der Waals surface area (Å²) in [5.41, 5.74) is 0. The van der Waals surface area contributed by atoms with Crippen LogP contribution in [0.2, 0.25) is 0 Å². The minimum atomic E-state index is 0.0179. The Labute approximate surface area is 103 Å². The molecule has 1 aliphatic rings. The monoisotopic (exact) mass is 238 g/mol. The van der Waals surface area contributed by atoms with Crippen LogP contribution in [0.25, 0.3) is 0 Å². The highest BCUT2D eigenvalue weighted by Gasteiger charge is 2.20. The number of amides is 1. The fourth-order valence-electron chi connectivity index (χ4n) is 2.24. The maximum absolute atomic E-state index is 10.8. The van der Waals surface area contributed by atoms with E-state index in [0.717, 1.165) is 38.8 Å². The highest BCUT2D eigenvalue weighted by Crippen LogP contribution is 2.28. The number of carbonyl (C=O) groups excluding carboxylic acids is 2. The molecule has 0 radical (unpaired) electrons. The van der Waals surface area contributed by atoms with Gasteiger partial charge >= 0.3 is 0 Å². The predicted octanol–water partition coefficient (Wildman–Crippen LogP) is 1.59. The highest BCUT2D eigenvalue weighted by atomic mass is 16.1. The number of rotatable bonds is 5. The fourth-order valence-corrected chi connectivity index (χ4v) is 2.24. The molecule has 4 heteroatoms. The minimum absolute atomic E-state index is 0.0179. The van der Waals surface area contributed by atoms with Crippen LogP contribution in [-0.4, -0.2) is 31.0 Å². The van der Waals surface area contributed by atoms with Gasteiger partial charge in [0.25, 0.3) is 0 Å². The van der Waals surface area contributed by atoms with Gasteiger partial charge in [-0.1, -0.05) is 0 Å². The molecule has 0 atom stereocenters. The Morgan fingerprint density at radius 2 is 1.76 bits per heavy atom. The van der Waals surface area contributed by atoms with Crippen LogP contribution in [0.1, 0.15) is 39.5 Å². The van der Waals surface area contributed by atoms with Gasteiger partial charge in [-0.05, 0) is 37.5 Å². The summed E-state index contributed by atoms with van der Waals surface area (Å²) in [4.78, 5) is 25.6. The number of aliphatic imine (C=N–C) groups is 1. The van der Waals surface area contributed by atoms with E-state index in [2.05, 4.69) is 10.3 Å². The van der Waals surface area contributed by atoms with Gasteiger partial charge in [0.2, 0.25) is 5.91 Å². The van der Waals surface area contributed by atoms with Gasteiger partial charge in [-0.15, -0.1) is 0 Å². The Morgan fingerprint density at radius 1 is 1.18 bits per heavy atom. The molecular formula is C13H22N2O2. The first-order valence-electron chi connectivity index (χ1n) is 6.32. The molecule has 1 saturated carbocycles. The molecule has 4 nitrogen and oxygen atoms in total. The lowest BCUT2D eigenvalue weighted by atomic mass is 9.82. The van der Waals surface area contributed by atoms with Crippen molar-refractivity contribution in [2.45, 2.75) is 39.5 Å². The number of nitrogens with zero attached hydrogens (tertiary/aromatic N) is 1. The van der Waals surface area contributed by atoms with E-state index in [1.165, 1.54) is 13.1 Å². The van der Waals surface area contributed by atoms with Crippen LogP contribution in [0.4, 0.5) is 0 Å². The highest BCUT2D eigenvalue weighted by molar-refractivity contribution is 6.26. The van der Waals surface area contributed by atoms with Crippen molar-refractivity contribution in [2.24, 2.45) is 16.8 Å². The van der Waals surface area contributed by atoms with Crippen LogP contribution in [0.15, 0.2) is 4.99 Å². The van der Waals surface area contributed by atoms with Gasteiger partial charge in [0.15, 0.2) is 5.78 Å². The first-order chi connectivity index (χ1) is 8.08. The Balaban J connectivity index is 2.17. The van der Waals surface area contributed by atoms with Gasteiger partial charge in [-0.25, -0.2) is 0 Å². The van der Waals surface area contributed by atoms with Gasteiger partial charge in [0, 0.05) is 26.9 Å². The molecule has 1 fully saturated rings. The molecule has 0 unspecified atom stereocenters. The zero-order valence-corrected chi connectivity index (χ0v) is 10.7. The minimum Gasteiger partial charge on any atom is -0.356 e. The smallest absolute Gasteiger partial charge is 0.216 e. The van der Waals surface area contributed by atoms with Crippen LogP contribution in [0.3, 0.4) is 0 Å². The van der Waals surface area contributed by atoms with Crippen LogP contribution in [0.5, 0.6) is 0 Å². The lowest BCUT2D eigenvalue weighted by Gasteiger charge is -2.27. The van der Waals surface area contributed by atoms with E-state index in [1.807, 2.05) is 0 Å². The van der Waals surface area contributed by atoms with Gasteiger partial charge in [-0.2, -0.15) is 0 Å². The molecule has 17 heavy (non-hydrogen) atoms. The van der Waals surface area contributed by atoms with E-state index in [0.29, 0.717) is 11.8 Å². The van der Waals surface area contributed by atoms with E-state index in [-0.39, 0.29) is 11.7 Å². The normalized spacial score (nSPS) is 24.8. The average molecular weight is 238 g/mol. The molecule has 0 heterocycles. The second-order valence-corrected chi connectivity index (χ2v) is 4.93. The molecule has 1 rings (SSSR count). The SMILES string of the molecule is CC(=O)C=NCC1CCC(CNC(C)=O)CC1. The molecule has 0 saturated heterocycles. The fraction of sp³-hybridized carbons (Fsp3) is 0.769. The lowest BCUT2D eigenvalue weighted by molar-refractivity contribution is -0.119. The quantitative estimate of drug-likeness (QED) is 0.739. The summed E-state index contributed by atoms with van der Waals surface area (Å²) >= 11 is 0. The third-order valence-electron chi connectivity index (χ3n) is 3.24. The van der Waals surface area contributed by atoms with Gasteiger partial charge in [-0.3, -0.25) is 14.6 Å². The molecule has 96 valence electrons. The molecular weight excluding hydrogens is 216 g/mol. The predicted molar refractivity (Wildman–Crippen MR) is 68.2 cm³/mol. The summed E-state index contributed by atoms with van der Waals surface area (Å²) in [5.74, 6) is 1.30. The van der Waals surface area contributed by atoms with Gasteiger partial charge in [0.1, 0.15) is 0 Å². The van der Waals surface area contributed by atoms with E-state index in [4.69, 9.17) is 0 Å². The topological polar surface area (TPSA) is 58.5 Å². The van der Waals surface area contributed by atoms with E-state index < -0.39 is 0 Å². The number of hydrogen-bond acceptors (Lipinski definition) is 3. The van der Waals surface area contributed by atoms with E-state index in [9.17, 15) is 9.59 Å². The third kappa shape index (κ3) is 6.19. The molecule has 1 N–H and O–H groups in total. The Hall–Kier alpha value is -1.19. The van der Waals surface area contributed by atoms with Crippen molar-refractivity contribution < 1.29 is 9.59 Å². The zero-order chi connectivity index (χ0) is 12.7. The van der Waals surface area contributed by atoms with Crippen LogP contribution in [0, 0.1) is 11.8 Å². The van der Waals surface area contributed by atoms with Gasteiger partial charge < -0.3 is 5.32 Å². The maximum Gasteiger partial charge on any atom is 0.216 e. The van der Waals surface area contributed by atoms with E-state index >= 15 is 0 Å². The maximum atomic E-state index is 10.8. The molecule has 0 bridgehead atoms. The summed E-state index contributed by atoms with van der Waals surface area (Å²) in [6.07, 6.45) is 6.03. The first kappa shape index (κ1) is 13.9. The molecule has 0 aliphatic heterocycles. The standard InChI is InChI=1S/C13H22N2O2/c1-10(16)7-14-8-12-3-5-13(6-4-12)9-15-11(2)17/h7,12-13H,3-6,8-9H2,1-2H3,(H,15,17). The second kappa shape index (κ2) is 7.20. The summed E-state index contributed by atoms with van der Waals surface area (Å²) < 4.78 is 0. The summed E-state index contributed by atoms with van der Waals surface area (Å²) in [6, 6.07) is 0. The summed E-state index contributed by atoms with van der Waals surface area (Å²) in [7, 11) is 0. The van der Waals surface area contributed by atoms with Crippen molar-refractivity contribution in [3.63, 3.8) is 0 Å². The number of nitrogens with one attached hydrogen (secondary N) is 1. The molecule has 0 spiro atoms. The Bertz CT molecular complexity index is 292. The largest absolute Gasteiger partial charge is 0.356 e. The van der Waals surface area contributed by atoms with Crippen LogP contribution < -0.4 is 5.32 Å². The summed E-state index contributed by atoms with van der Waals surface area (Å²) in [6.45, 7) is 4.65. The molecule has 0 aromatic rings. The number of carbonyl (C=O) groups is 2. The first-order valence-corrected chi connectivity index (χ1v) is 6.32. The molecule has 0 aromatic carbocycles. The van der Waals surface area contributed by atoms with Crippen molar-refractivity contribution in [2.75, 3.05) is 13.1 Å². The summed E-state index contributed by atoms with van der Waals surface area (Å²) in [5, 5.41) is 2.87. The van der Waals surface area contributed by atoms with Gasteiger partial charge in [0.05, 0.1) is 6.21 Å². The van der Waals surface area contributed by atoms with Crippen molar-refractivity contribution in [1.82, 2.24) is 5.32 Å². The second-order valence-electron chi connectivity index (χ2n) is 4.93. The lowest BCUT2D eigenvalue weighted by Crippen LogP contribution is -2.30. The third-order valence-corrected chi connectivity index (χ3v) is 3.24. The van der Waals surface area contributed by atoms with Crippen molar-refractivity contribution >= 4 is 17.9 Å².